The first kappa shape index (κ1) is 23.6. The van der Waals surface area contributed by atoms with Gasteiger partial charge in [0.1, 0.15) is 11.6 Å². The highest BCUT2D eigenvalue weighted by Crippen LogP contribution is 2.26. The molecule has 32 heavy (non-hydrogen) atoms. The van der Waals surface area contributed by atoms with Crippen LogP contribution in [0.15, 0.2) is 59.5 Å². The first-order chi connectivity index (χ1) is 15.0. The number of sulfonamides is 1. The first-order valence-corrected chi connectivity index (χ1v) is 11.7. The molecule has 0 atom stereocenters. The van der Waals surface area contributed by atoms with Gasteiger partial charge in [0.2, 0.25) is 15.9 Å². The van der Waals surface area contributed by atoms with Crippen LogP contribution in [-0.2, 0) is 26.7 Å². The van der Waals surface area contributed by atoms with Crippen LogP contribution in [0.2, 0.25) is 0 Å². The molecule has 2 N–H and O–H groups in total. The number of aromatic nitrogens is 2. The minimum Gasteiger partial charge on any atom is -0.311 e. The molecule has 0 saturated carbocycles. The average Bonchev–Trinajstić information content (AvgIpc) is 3.17. The van der Waals surface area contributed by atoms with Crippen molar-refractivity contribution in [1.82, 2.24) is 14.5 Å². The first-order valence-electron chi connectivity index (χ1n) is 10.2. The van der Waals surface area contributed by atoms with Crippen LogP contribution in [0.25, 0.3) is 5.69 Å². The Morgan fingerprint density at radius 1 is 1.06 bits per heavy atom. The Labute approximate surface area is 187 Å². The van der Waals surface area contributed by atoms with E-state index >= 15 is 0 Å². The van der Waals surface area contributed by atoms with Crippen LogP contribution in [0.5, 0.6) is 0 Å². The van der Waals surface area contributed by atoms with E-state index in [0.717, 1.165) is 11.3 Å². The molecule has 0 fully saturated rings. The topological polar surface area (TPSA) is 93.1 Å². The van der Waals surface area contributed by atoms with Crippen LogP contribution in [0, 0.1) is 5.82 Å². The molecule has 9 heteroatoms. The lowest BCUT2D eigenvalue weighted by Gasteiger charge is -2.14. The van der Waals surface area contributed by atoms with Gasteiger partial charge in [-0.1, -0.05) is 32.9 Å². The third kappa shape index (κ3) is 5.60. The smallest absolute Gasteiger partial charge is 0.240 e. The number of hydrogen-bond donors (Lipinski definition) is 2. The maximum atomic E-state index is 13.3. The van der Waals surface area contributed by atoms with Crippen molar-refractivity contribution in [3.05, 3.63) is 71.7 Å². The highest BCUT2D eigenvalue weighted by atomic mass is 32.2. The van der Waals surface area contributed by atoms with Crippen molar-refractivity contribution in [3.63, 3.8) is 0 Å². The van der Waals surface area contributed by atoms with Crippen molar-refractivity contribution < 1.29 is 17.6 Å². The largest absolute Gasteiger partial charge is 0.311 e. The normalized spacial score (nSPS) is 12.0. The summed E-state index contributed by atoms with van der Waals surface area (Å²) in [6.45, 7) is 6.07. The second kappa shape index (κ2) is 9.22. The summed E-state index contributed by atoms with van der Waals surface area (Å²) >= 11 is 0. The van der Waals surface area contributed by atoms with Crippen molar-refractivity contribution in [1.29, 1.82) is 0 Å². The third-order valence-corrected chi connectivity index (χ3v) is 6.39. The van der Waals surface area contributed by atoms with Crippen LogP contribution in [0.4, 0.5) is 10.2 Å². The molecule has 1 heterocycles. The number of halogens is 1. The Morgan fingerprint density at radius 2 is 1.69 bits per heavy atom. The van der Waals surface area contributed by atoms with Crippen LogP contribution in [0.3, 0.4) is 0 Å². The summed E-state index contributed by atoms with van der Waals surface area (Å²) in [7, 11) is -2.14. The lowest BCUT2D eigenvalue weighted by Crippen LogP contribution is -2.18. The number of rotatable bonds is 7. The number of nitrogens with zero attached hydrogens (tertiary/aromatic N) is 2. The predicted octanol–water partition coefficient (Wildman–Crippen LogP) is 3.79. The number of benzene rings is 2. The summed E-state index contributed by atoms with van der Waals surface area (Å²) in [5.41, 5.74) is 2.04. The molecule has 1 amide bonds. The molecule has 0 unspecified atom stereocenters. The molecule has 3 aromatic rings. The van der Waals surface area contributed by atoms with Crippen molar-refractivity contribution >= 4 is 21.7 Å². The Kier molecular flexibility index (Phi) is 6.80. The number of hydrogen-bond acceptors (Lipinski definition) is 4. The van der Waals surface area contributed by atoms with Crippen molar-refractivity contribution in [2.75, 3.05) is 12.4 Å². The van der Waals surface area contributed by atoms with Gasteiger partial charge in [0.15, 0.2) is 0 Å². The minimum atomic E-state index is -3.49. The number of carbonyl (C=O) groups is 1. The summed E-state index contributed by atoms with van der Waals surface area (Å²) in [5.74, 6) is -0.0567. The zero-order valence-electron chi connectivity index (χ0n) is 18.5. The minimum absolute atomic E-state index is 0.172. The van der Waals surface area contributed by atoms with Gasteiger partial charge in [0, 0.05) is 17.9 Å². The summed E-state index contributed by atoms with van der Waals surface area (Å²) in [6.07, 6.45) is 0.653. The van der Waals surface area contributed by atoms with E-state index in [9.17, 15) is 17.6 Å². The highest BCUT2D eigenvalue weighted by molar-refractivity contribution is 7.89. The Balaban J connectivity index is 1.74. The summed E-state index contributed by atoms with van der Waals surface area (Å²) in [6, 6.07) is 14.1. The molecule has 0 bridgehead atoms. The second-order valence-corrected chi connectivity index (χ2v) is 10.3. The lowest BCUT2D eigenvalue weighted by atomic mass is 9.92. The molecule has 0 spiro atoms. The van der Waals surface area contributed by atoms with E-state index in [1.807, 2.05) is 26.8 Å². The Morgan fingerprint density at radius 3 is 2.25 bits per heavy atom. The zero-order valence-corrected chi connectivity index (χ0v) is 19.3. The maximum absolute atomic E-state index is 13.3. The average molecular weight is 459 g/mol. The second-order valence-electron chi connectivity index (χ2n) is 8.45. The Bertz CT molecular complexity index is 1200. The van der Waals surface area contributed by atoms with Gasteiger partial charge in [-0.25, -0.2) is 22.2 Å². The molecule has 0 aliphatic carbocycles. The van der Waals surface area contributed by atoms with Gasteiger partial charge >= 0.3 is 0 Å². The van der Waals surface area contributed by atoms with Crippen molar-refractivity contribution in [2.24, 2.45) is 0 Å². The molecule has 1 aromatic heterocycles. The van der Waals surface area contributed by atoms with E-state index in [1.165, 1.54) is 31.3 Å². The number of nitrogens with one attached hydrogen (secondary N) is 2. The molecule has 7 nitrogen and oxygen atoms in total. The molecule has 0 aliphatic rings. The molecular weight excluding hydrogens is 431 g/mol. The van der Waals surface area contributed by atoms with Gasteiger partial charge in [0.25, 0.3) is 0 Å². The lowest BCUT2D eigenvalue weighted by molar-refractivity contribution is -0.116. The van der Waals surface area contributed by atoms with E-state index < -0.39 is 10.0 Å². The third-order valence-electron chi connectivity index (χ3n) is 4.96. The fourth-order valence-corrected chi connectivity index (χ4v) is 3.76. The van der Waals surface area contributed by atoms with Crippen molar-refractivity contribution in [3.8, 4) is 5.69 Å². The monoisotopic (exact) mass is 458 g/mol. The summed E-state index contributed by atoms with van der Waals surface area (Å²) in [4.78, 5) is 12.8. The van der Waals surface area contributed by atoms with Crippen LogP contribution in [-0.4, -0.2) is 31.2 Å². The molecule has 170 valence electrons. The fraction of sp³-hybridized carbons (Fsp3) is 0.304. The highest BCUT2D eigenvalue weighted by Gasteiger charge is 2.21. The Hall–Kier alpha value is -3.04. The van der Waals surface area contributed by atoms with E-state index in [1.54, 1.807) is 28.9 Å². The van der Waals surface area contributed by atoms with Crippen LogP contribution >= 0.6 is 0 Å². The molecule has 0 radical (unpaired) electrons. The molecule has 0 saturated heterocycles. The fourth-order valence-electron chi connectivity index (χ4n) is 3.03. The van der Waals surface area contributed by atoms with Gasteiger partial charge in [-0.3, -0.25) is 4.79 Å². The van der Waals surface area contributed by atoms with Gasteiger partial charge in [0.05, 0.1) is 16.3 Å². The van der Waals surface area contributed by atoms with E-state index in [2.05, 4.69) is 15.1 Å². The number of carbonyl (C=O) groups excluding carboxylic acids is 1. The summed E-state index contributed by atoms with van der Waals surface area (Å²) < 4.78 is 40.8. The SMILES string of the molecule is CNS(=O)(=O)c1ccc(CCC(=O)Nc2cc(C(C)(C)C)nn2-c2ccc(F)cc2)cc1. The van der Waals surface area contributed by atoms with Gasteiger partial charge in [-0.2, -0.15) is 5.10 Å². The molecule has 3 rings (SSSR count). The standard InChI is InChI=1S/C23H27FN4O3S/c1-23(2,3)20-15-21(28(27-20)18-10-8-17(24)9-11-18)26-22(29)14-7-16-5-12-19(13-6-16)32(30,31)25-4/h5-6,8-13,15,25H,7,14H2,1-4H3,(H,26,29). The summed E-state index contributed by atoms with van der Waals surface area (Å²) in [5, 5.41) is 7.50. The molecule has 0 aliphatic heterocycles. The zero-order chi connectivity index (χ0) is 23.5. The van der Waals surface area contributed by atoms with Gasteiger partial charge in [-0.05, 0) is 55.4 Å². The number of anilines is 1. The molecule has 2 aromatic carbocycles. The van der Waals surface area contributed by atoms with Crippen LogP contribution in [0.1, 0.15) is 38.4 Å². The van der Waals surface area contributed by atoms with Crippen molar-refractivity contribution in [2.45, 2.75) is 43.9 Å². The van der Waals surface area contributed by atoms with Gasteiger partial charge in [-0.15, -0.1) is 0 Å². The van der Waals surface area contributed by atoms with Crippen LogP contribution < -0.4 is 10.0 Å². The predicted molar refractivity (Wildman–Crippen MR) is 122 cm³/mol. The quantitative estimate of drug-likeness (QED) is 0.563. The van der Waals surface area contributed by atoms with E-state index in [-0.39, 0.29) is 28.5 Å². The van der Waals surface area contributed by atoms with Gasteiger partial charge < -0.3 is 5.32 Å². The maximum Gasteiger partial charge on any atom is 0.240 e. The van der Waals surface area contributed by atoms with E-state index in [0.29, 0.717) is 17.9 Å². The van der Waals surface area contributed by atoms with E-state index in [4.69, 9.17) is 0 Å². The number of amides is 1. The number of aryl methyl sites for hydroxylation is 1. The molecular formula is C23H27FN4O3S.